The Balaban J connectivity index is 2.09. The van der Waals surface area contributed by atoms with Gasteiger partial charge in [0.15, 0.2) is 0 Å². The first-order valence-electron chi connectivity index (χ1n) is 7.15. The number of pyridine rings is 1. The van der Waals surface area contributed by atoms with Gasteiger partial charge in [-0.25, -0.2) is 9.78 Å². The molecule has 2 aromatic rings. The van der Waals surface area contributed by atoms with E-state index in [1.54, 1.807) is 6.07 Å². The number of carboxylic acids is 1. The van der Waals surface area contributed by atoms with Gasteiger partial charge in [0.1, 0.15) is 5.82 Å². The minimum absolute atomic E-state index is 0.231. The molecule has 0 bridgehead atoms. The normalized spacial score (nSPS) is 17.4. The first-order valence-corrected chi connectivity index (χ1v) is 7.15. The molecule has 1 atom stereocenters. The van der Waals surface area contributed by atoms with Crippen molar-refractivity contribution in [2.45, 2.75) is 32.7 Å². The third-order valence-corrected chi connectivity index (χ3v) is 4.05. The Bertz CT molecular complexity index is 697. The van der Waals surface area contributed by atoms with Crippen molar-refractivity contribution in [3.63, 3.8) is 0 Å². The summed E-state index contributed by atoms with van der Waals surface area (Å²) in [6.07, 6.45) is 3.58. The number of hydrogen-bond donors (Lipinski definition) is 1. The van der Waals surface area contributed by atoms with E-state index in [4.69, 9.17) is 5.11 Å². The van der Waals surface area contributed by atoms with Crippen LogP contribution in [0, 0.1) is 6.92 Å². The molecule has 0 radical (unpaired) electrons. The molecule has 3 rings (SSSR count). The van der Waals surface area contributed by atoms with Crippen LogP contribution >= 0.6 is 0 Å². The zero-order valence-corrected chi connectivity index (χ0v) is 12.2. The maximum absolute atomic E-state index is 11.0. The molecule has 108 valence electrons. The monoisotopic (exact) mass is 282 g/mol. The lowest BCUT2D eigenvalue weighted by Gasteiger charge is -2.37. The number of anilines is 2. The summed E-state index contributed by atoms with van der Waals surface area (Å²) in [7, 11) is 0. The van der Waals surface area contributed by atoms with E-state index in [-0.39, 0.29) is 5.56 Å². The summed E-state index contributed by atoms with van der Waals surface area (Å²) in [5.41, 5.74) is 3.61. The Morgan fingerprint density at radius 3 is 2.86 bits per heavy atom. The number of aromatic carboxylic acids is 1. The molecule has 1 unspecified atom stereocenters. The summed E-state index contributed by atoms with van der Waals surface area (Å²) in [5, 5.41) is 9.07. The summed E-state index contributed by atoms with van der Waals surface area (Å²) < 4.78 is 0. The number of rotatable bonds is 2. The lowest BCUT2D eigenvalue weighted by atomic mass is 9.96. The number of aromatic nitrogens is 1. The van der Waals surface area contributed by atoms with Crippen LogP contribution in [0.4, 0.5) is 11.5 Å². The van der Waals surface area contributed by atoms with Crippen LogP contribution in [0.3, 0.4) is 0 Å². The predicted molar refractivity (Wildman–Crippen MR) is 82.3 cm³/mol. The number of aryl methyl sites for hydroxylation is 2. The fourth-order valence-corrected chi connectivity index (χ4v) is 2.95. The van der Waals surface area contributed by atoms with Crippen LogP contribution in [0.2, 0.25) is 0 Å². The second-order valence-electron chi connectivity index (χ2n) is 5.56. The van der Waals surface area contributed by atoms with Crippen molar-refractivity contribution in [3.8, 4) is 0 Å². The van der Waals surface area contributed by atoms with Crippen LogP contribution in [0.15, 0.2) is 36.5 Å². The molecule has 2 heterocycles. The van der Waals surface area contributed by atoms with Gasteiger partial charge in [-0.3, -0.25) is 0 Å². The maximum Gasteiger partial charge on any atom is 0.337 e. The highest BCUT2D eigenvalue weighted by molar-refractivity contribution is 5.88. The van der Waals surface area contributed by atoms with Crippen LogP contribution < -0.4 is 4.90 Å². The van der Waals surface area contributed by atoms with E-state index >= 15 is 0 Å². The molecule has 0 spiro atoms. The average Bonchev–Trinajstić information content (AvgIpc) is 2.48. The zero-order chi connectivity index (χ0) is 15.0. The predicted octanol–water partition coefficient (Wildman–Crippen LogP) is 3.56. The van der Waals surface area contributed by atoms with Gasteiger partial charge in [0.05, 0.1) is 5.56 Å². The van der Waals surface area contributed by atoms with E-state index in [0.29, 0.717) is 6.04 Å². The molecule has 0 aliphatic carbocycles. The van der Waals surface area contributed by atoms with Gasteiger partial charge in [0.2, 0.25) is 0 Å². The third-order valence-electron chi connectivity index (χ3n) is 4.05. The van der Waals surface area contributed by atoms with Gasteiger partial charge in [-0.2, -0.15) is 0 Å². The molecule has 4 nitrogen and oxygen atoms in total. The summed E-state index contributed by atoms with van der Waals surface area (Å²) in [5.74, 6) is -0.0936. The van der Waals surface area contributed by atoms with Crippen LogP contribution in [-0.4, -0.2) is 22.1 Å². The molecule has 0 fully saturated rings. The Labute approximate surface area is 124 Å². The average molecular weight is 282 g/mol. The molecule has 4 heteroatoms. The Kier molecular flexibility index (Phi) is 3.37. The Morgan fingerprint density at radius 1 is 1.38 bits per heavy atom. The van der Waals surface area contributed by atoms with Crippen molar-refractivity contribution >= 4 is 17.5 Å². The maximum atomic E-state index is 11.0. The molecule has 1 aliphatic heterocycles. The van der Waals surface area contributed by atoms with E-state index in [9.17, 15) is 4.79 Å². The first-order chi connectivity index (χ1) is 10.1. The van der Waals surface area contributed by atoms with Crippen molar-refractivity contribution in [3.05, 3.63) is 53.2 Å². The van der Waals surface area contributed by atoms with Crippen molar-refractivity contribution in [2.75, 3.05) is 4.90 Å². The number of para-hydroxylation sites is 1. The van der Waals surface area contributed by atoms with Crippen molar-refractivity contribution in [2.24, 2.45) is 0 Å². The van der Waals surface area contributed by atoms with Gasteiger partial charge in [0.25, 0.3) is 0 Å². The minimum Gasteiger partial charge on any atom is -0.478 e. The van der Waals surface area contributed by atoms with Crippen molar-refractivity contribution in [1.29, 1.82) is 0 Å². The van der Waals surface area contributed by atoms with Crippen LogP contribution in [-0.2, 0) is 6.42 Å². The number of benzene rings is 1. The fourth-order valence-electron chi connectivity index (χ4n) is 2.95. The molecule has 1 aromatic carbocycles. The van der Waals surface area contributed by atoms with E-state index in [1.807, 2.05) is 13.0 Å². The van der Waals surface area contributed by atoms with Gasteiger partial charge in [-0.05, 0) is 49.9 Å². The quantitative estimate of drug-likeness (QED) is 0.915. The molecular weight excluding hydrogens is 264 g/mol. The molecule has 0 saturated carbocycles. The van der Waals surface area contributed by atoms with Crippen LogP contribution in [0.25, 0.3) is 0 Å². The lowest BCUT2D eigenvalue weighted by Crippen LogP contribution is -2.34. The zero-order valence-electron chi connectivity index (χ0n) is 12.2. The summed E-state index contributed by atoms with van der Waals surface area (Å²) >= 11 is 0. The van der Waals surface area contributed by atoms with Gasteiger partial charge >= 0.3 is 5.97 Å². The summed E-state index contributed by atoms with van der Waals surface area (Å²) in [6, 6.07) is 10.4. The highest BCUT2D eigenvalue weighted by Gasteiger charge is 2.26. The number of carboxylic acid groups (broad SMARTS) is 1. The summed E-state index contributed by atoms with van der Waals surface area (Å²) in [4.78, 5) is 17.7. The molecule has 1 aromatic heterocycles. The Hall–Kier alpha value is -2.36. The molecule has 21 heavy (non-hydrogen) atoms. The van der Waals surface area contributed by atoms with Crippen molar-refractivity contribution in [1.82, 2.24) is 4.98 Å². The van der Waals surface area contributed by atoms with E-state index in [2.05, 4.69) is 35.0 Å². The number of hydrogen-bond acceptors (Lipinski definition) is 3. The van der Waals surface area contributed by atoms with E-state index in [1.165, 1.54) is 17.4 Å². The highest BCUT2D eigenvalue weighted by atomic mass is 16.4. The van der Waals surface area contributed by atoms with Crippen molar-refractivity contribution < 1.29 is 9.90 Å². The largest absolute Gasteiger partial charge is 0.478 e. The van der Waals surface area contributed by atoms with Crippen LogP contribution in [0.1, 0.15) is 34.8 Å². The number of nitrogens with zero attached hydrogens (tertiary/aromatic N) is 2. The molecule has 1 N–H and O–H groups in total. The third kappa shape index (κ3) is 2.37. The standard InChI is InChI=1S/C17H18N2O2/c1-11-9-14(17(20)21)10-18-16(11)19-12(2)7-8-13-5-3-4-6-15(13)19/h3-6,9-10,12H,7-8H2,1-2H3,(H,20,21). The van der Waals surface area contributed by atoms with Crippen LogP contribution in [0.5, 0.6) is 0 Å². The van der Waals surface area contributed by atoms with E-state index in [0.717, 1.165) is 24.2 Å². The first kappa shape index (κ1) is 13.6. The van der Waals surface area contributed by atoms with Gasteiger partial charge < -0.3 is 10.0 Å². The highest BCUT2D eigenvalue weighted by Crippen LogP contribution is 2.37. The minimum atomic E-state index is -0.941. The van der Waals surface area contributed by atoms with Gasteiger partial charge in [-0.1, -0.05) is 18.2 Å². The smallest absolute Gasteiger partial charge is 0.337 e. The Morgan fingerprint density at radius 2 is 2.14 bits per heavy atom. The lowest BCUT2D eigenvalue weighted by molar-refractivity contribution is 0.0696. The van der Waals surface area contributed by atoms with Gasteiger partial charge in [0, 0.05) is 17.9 Å². The second-order valence-corrected chi connectivity index (χ2v) is 5.56. The molecule has 0 amide bonds. The fraction of sp³-hybridized carbons (Fsp3) is 0.294. The molecule has 1 aliphatic rings. The van der Waals surface area contributed by atoms with E-state index < -0.39 is 5.97 Å². The van der Waals surface area contributed by atoms with Gasteiger partial charge in [-0.15, -0.1) is 0 Å². The molecule has 0 saturated heterocycles. The topological polar surface area (TPSA) is 53.4 Å². The molecular formula is C17H18N2O2. The SMILES string of the molecule is Cc1cc(C(=O)O)cnc1N1c2ccccc2CCC1C. The number of fused-ring (bicyclic) bond motifs is 1. The second kappa shape index (κ2) is 5.20. The summed E-state index contributed by atoms with van der Waals surface area (Å²) in [6.45, 7) is 4.10. The number of carbonyl (C=O) groups is 1.